The summed E-state index contributed by atoms with van der Waals surface area (Å²) in [7, 11) is 0. The van der Waals surface area contributed by atoms with Crippen molar-refractivity contribution in [3.8, 4) is 0 Å². The van der Waals surface area contributed by atoms with Gasteiger partial charge in [-0.25, -0.2) is 8.78 Å². The molecule has 0 atom stereocenters. The van der Waals surface area contributed by atoms with E-state index >= 15 is 0 Å². The SMILES string of the molecule is O=C(Nc1cc(F)cc(F)c1)C1=C[N+]2CN(I)C=CC2=N1. The number of anilines is 1. The Morgan fingerprint density at radius 3 is 2.76 bits per heavy atom. The van der Waals surface area contributed by atoms with Crippen molar-refractivity contribution in [1.82, 2.24) is 8.01 Å². The second kappa shape index (κ2) is 5.53. The normalized spacial score (nSPS) is 17.4. The summed E-state index contributed by atoms with van der Waals surface area (Å²) < 4.78 is 28.1. The predicted octanol–water partition coefficient (Wildman–Crippen LogP) is 2.43. The number of rotatable bonds is 2. The molecule has 8 heteroatoms. The molecule has 3 rings (SSSR count). The standard InChI is InChI=1S/C13H9F2IN4O/c14-8-3-9(15)5-10(4-8)17-13(21)11-6-19-7-20(16)2-1-12(19)18-11/h1-6H,7H2,(H,17,21)/q+1. The maximum Gasteiger partial charge on any atom is 0.285 e. The Morgan fingerprint density at radius 1 is 1.33 bits per heavy atom. The van der Waals surface area contributed by atoms with E-state index in [1.54, 1.807) is 17.2 Å². The predicted molar refractivity (Wildman–Crippen MR) is 82.5 cm³/mol. The molecule has 2 aliphatic heterocycles. The van der Waals surface area contributed by atoms with Gasteiger partial charge in [-0.05, 0) is 12.1 Å². The third-order valence-electron chi connectivity index (χ3n) is 2.83. The molecule has 5 nitrogen and oxygen atoms in total. The van der Waals surface area contributed by atoms with Crippen molar-refractivity contribution in [1.29, 1.82) is 0 Å². The summed E-state index contributed by atoms with van der Waals surface area (Å²) in [5.41, 5.74) is 0.237. The Hall–Kier alpha value is -1.81. The number of aliphatic imine (C=N–C) groups is 1. The van der Waals surface area contributed by atoms with Gasteiger partial charge in [0.05, 0.1) is 22.9 Å². The van der Waals surface area contributed by atoms with Crippen LogP contribution in [0.25, 0.3) is 0 Å². The minimum Gasteiger partial charge on any atom is -0.320 e. The van der Waals surface area contributed by atoms with Gasteiger partial charge in [0.25, 0.3) is 11.7 Å². The van der Waals surface area contributed by atoms with Crippen molar-refractivity contribution in [2.45, 2.75) is 0 Å². The fraction of sp³-hybridized carbons (Fsp3) is 0.0769. The van der Waals surface area contributed by atoms with Gasteiger partial charge in [-0.3, -0.25) is 7.91 Å². The molecule has 0 saturated heterocycles. The molecular formula is C13H9F2IN4O+. The molecule has 0 unspecified atom stereocenters. The minimum absolute atomic E-state index is 0.0505. The Balaban J connectivity index is 1.77. The van der Waals surface area contributed by atoms with Gasteiger partial charge >= 0.3 is 0 Å². The molecule has 0 saturated carbocycles. The van der Waals surface area contributed by atoms with Crippen molar-refractivity contribution in [3.05, 3.63) is 54.0 Å². The van der Waals surface area contributed by atoms with Gasteiger partial charge in [0, 0.05) is 24.0 Å². The molecule has 1 aromatic carbocycles. The highest BCUT2D eigenvalue weighted by molar-refractivity contribution is 14.1. The maximum absolute atomic E-state index is 13.1. The van der Waals surface area contributed by atoms with Crippen LogP contribution in [-0.2, 0) is 4.79 Å². The van der Waals surface area contributed by atoms with Gasteiger partial charge < -0.3 is 5.32 Å². The van der Waals surface area contributed by atoms with Gasteiger partial charge in [-0.15, -0.1) is 0 Å². The number of benzene rings is 1. The van der Waals surface area contributed by atoms with E-state index in [4.69, 9.17) is 0 Å². The highest BCUT2D eigenvalue weighted by Crippen LogP contribution is 2.19. The molecule has 21 heavy (non-hydrogen) atoms. The molecule has 1 amide bonds. The summed E-state index contributed by atoms with van der Waals surface area (Å²) in [5.74, 6) is -1.37. The number of carbonyl (C=O) groups is 1. The first kappa shape index (κ1) is 14.1. The molecular weight excluding hydrogens is 393 g/mol. The number of nitrogens with zero attached hydrogens (tertiary/aromatic N) is 3. The summed E-state index contributed by atoms with van der Waals surface area (Å²) >= 11 is 2.12. The molecule has 1 aromatic rings. The zero-order valence-electron chi connectivity index (χ0n) is 10.6. The number of amidine groups is 1. The molecule has 107 valence electrons. The molecule has 2 heterocycles. The van der Waals surface area contributed by atoms with Crippen molar-refractivity contribution in [2.75, 3.05) is 12.0 Å². The lowest BCUT2D eigenvalue weighted by Gasteiger charge is -2.14. The lowest BCUT2D eigenvalue weighted by atomic mass is 10.3. The fourth-order valence-corrected chi connectivity index (χ4v) is 2.44. The average molecular weight is 402 g/mol. The molecule has 1 N–H and O–H groups in total. The molecule has 0 aromatic heterocycles. The van der Waals surface area contributed by atoms with Crippen LogP contribution in [0.15, 0.2) is 47.4 Å². The molecule has 0 aliphatic carbocycles. The molecule has 0 fully saturated rings. The van der Waals surface area contributed by atoms with Gasteiger partial charge in [0.1, 0.15) is 11.6 Å². The molecule has 1 radical (unpaired) electrons. The smallest absolute Gasteiger partial charge is 0.285 e. The van der Waals surface area contributed by atoms with Crippen molar-refractivity contribution < 1.29 is 13.6 Å². The van der Waals surface area contributed by atoms with E-state index in [0.717, 1.165) is 18.2 Å². The lowest BCUT2D eigenvalue weighted by Crippen LogP contribution is -2.37. The summed E-state index contributed by atoms with van der Waals surface area (Å²) in [6, 6.07) is 2.83. The third kappa shape index (κ3) is 3.10. The number of hydrogen-bond acceptors (Lipinski definition) is 4. The Bertz CT molecular complexity index is 681. The lowest BCUT2D eigenvalue weighted by molar-refractivity contribution is -0.112. The van der Waals surface area contributed by atoms with Crippen molar-refractivity contribution >= 4 is 40.3 Å². The van der Waals surface area contributed by atoms with Crippen LogP contribution in [0.2, 0.25) is 0 Å². The first-order valence-electron chi connectivity index (χ1n) is 5.96. The minimum atomic E-state index is -0.752. The quantitative estimate of drug-likeness (QED) is 0.470. The van der Waals surface area contributed by atoms with Gasteiger partial charge in [-0.1, -0.05) is 4.90 Å². The Morgan fingerprint density at radius 2 is 2.05 bits per heavy atom. The third-order valence-corrected chi connectivity index (χ3v) is 3.46. The first-order chi connectivity index (χ1) is 10.0. The average Bonchev–Trinajstić information content (AvgIpc) is 2.80. The Kier molecular flexibility index (Phi) is 3.72. The summed E-state index contributed by atoms with van der Waals surface area (Å²) in [5, 5.41) is 2.43. The summed E-state index contributed by atoms with van der Waals surface area (Å²) in [6.07, 6.45) is 5.20. The van der Waals surface area contributed by atoms with Crippen LogP contribution in [0, 0.1) is 11.6 Å². The molecule has 0 spiro atoms. The van der Waals surface area contributed by atoms with E-state index in [0.29, 0.717) is 12.5 Å². The first-order valence-corrected chi connectivity index (χ1v) is 6.93. The van der Waals surface area contributed by atoms with Crippen LogP contribution in [0.5, 0.6) is 0 Å². The molecule has 2 aliphatic rings. The van der Waals surface area contributed by atoms with Crippen LogP contribution in [0.3, 0.4) is 0 Å². The van der Waals surface area contributed by atoms with Crippen LogP contribution in [0.1, 0.15) is 0 Å². The van der Waals surface area contributed by atoms with Gasteiger partial charge in [0.2, 0.25) is 6.67 Å². The van der Waals surface area contributed by atoms with Crippen molar-refractivity contribution in [3.63, 3.8) is 0 Å². The van der Waals surface area contributed by atoms with Crippen LogP contribution in [-0.4, -0.2) is 21.5 Å². The van der Waals surface area contributed by atoms with E-state index < -0.39 is 17.5 Å². The number of nitrogens with one attached hydrogen (secondary N) is 1. The van der Waals surface area contributed by atoms with E-state index in [9.17, 15) is 13.6 Å². The second-order valence-electron chi connectivity index (χ2n) is 4.42. The van der Waals surface area contributed by atoms with E-state index in [1.807, 2.05) is 9.31 Å². The van der Waals surface area contributed by atoms with Crippen LogP contribution < -0.4 is 10.2 Å². The highest BCUT2D eigenvalue weighted by Gasteiger charge is 2.34. The second-order valence-corrected chi connectivity index (χ2v) is 5.66. The number of halogens is 3. The topological polar surface area (TPSA) is 50.6 Å². The Labute approximate surface area is 133 Å². The van der Waals surface area contributed by atoms with E-state index in [1.165, 1.54) is 0 Å². The summed E-state index contributed by atoms with van der Waals surface area (Å²) in [4.78, 5) is 18.0. The van der Waals surface area contributed by atoms with Gasteiger partial charge in [-0.2, -0.15) is 4.99 Å². The number of amides is 1. The van der Waals surface area contributed by atoms with E-state index in [-0.39, 0.29) is 11.4 Å². The van der Waals surface area contributed by atoms with Crippen LogP contribution in [0.4, 0.5) is 14.5 Å². The number of carbonyl (C=O) groups excluding carboxylic acids is 1. The fourth-order valence-electron chi connectivity index (χ4n) is 1.95. The number of fused-ring (bicyclic) bond motifs is 1. The maximum atomic E-state index is 13.1. The number of hydrogen-bond donors (Lipinski definition) is 1. The van der Waals surface area contributed by atoms with Crippen LogP contribution >= 0.6 is 22.9 Å². The summed E-state index contributed by atoms with van der Waals surface area (Å²) in [6.45, 7) is 0.571. The molecule has 0 bridgehead atoms. The van der Waals surface area contributed by atoms with Crippen molar-refractivity contribution in [2.24, 2.45) is 4.99 Å². The zero-order valence-corrected chi connectivity index (χ0v) is 12.7. The van der Waals surface area contributed by atoms with E-state index in [2.05, 4.69) is 33.2 Å². The van der Waals surface area contributed by atoms with Gasteiger partial charge in [0.15, 0.2) is 11.9 Å². The zero-order chi connectivity index (χ0) is 15.0. The highest BCUT2D eigenvalue weighted by atomic mass is 127. The monoisotopic (exact) mass is 402 g/mol. The largest absolute Gasteiger partial charge is 0.320 e.